The van der Waals surface area contributed by atoms with Crippen molar-refractivity contribution in [2.75, 3.05) is 26.4 Å². The van der Waals surface area contributed by atoms with Crippen LogP contribution in [0.5, 0.6) is 0 Å². The maximum atomic E-state index is 8.47. The number of ether oxygens (including phenoxy) is 1. The molecule has 16 heavy (non-hydrogen) atoms. The van der Waals surface area contributed by atoms with Crippen LogP contribution in [0.2, 0.25) is 5.15 Å². The predicted molar refractivity (Wildman–Crippen MR) is 66.1 cm³/mol. The van der Waals surface area contributed by atoms with Gasteiger partial charge in [-0.05, 0) is 6.07 Å². The Bertz CT molecular complexity index is 287. The molecule has 0 aliphatic carbocycles. The molecule has 0 radical (unpaired) electrons. The fourth-order valence-electron chi connectivity index (χ4n) is 1.09. The minimum atomic E-state index is 0. The summed E-state index contributed by atoms with van der Waals surface area (Å²) in [6.45, 7) is 2.43. The summed E-state index contributed by atoms with van der Waals surface area (Å²) in [5.41, 5.74) is 0.973. The topological polar surface area (TPSA) is 54.4 Å². The number of nitrogens with one attached hydrogen (secondary N) is 1. The lowest BCUT2D eigenvalue weighted by atomic mass is 10.3. The standard InChI is InChI=1S/C10H15ClN2O2.ClH/c11-10-9(2-1-3-13-10)8-12-4-6-15-7-5-14;/h1-3,12,14H,4-8H2;1H. The highest BCUT2D eigenvalue weighted by Gasteiger charge is 1.98. The normalized spacial score (nSPS) is 9.88. The molecule has 92 valence electrons. The van der Waals surface area contributed by atoms with Gasteiger partial charge in [-0.15, -0.1) is 12.4 Å². The third kappa shape index (κ3) is 6.25. The van der Waals surface area contributed by atoms with Gasteiger partial charge in [-0.25, -0.2) is 4.98 Å². The fourth-order valence-corrected chi connectivity index (χ4v) is 1.27. The first-order valence-corrected chi connectivity index (χ1v) is 5.21. The van der Waals surface area contributed by atoms with Crippen molar-refractivity contribution in [2.24, 2.45) is 0 Å². The first-order chi connectivity index (χ1) is 7.34. The van der Waals surface area contributed by atoms with Gasteiger partial charge in [0.1, 0.15) is 5.15 Å². The van der Waals surface area contributed by atoms with E-state index in [0.717, 1.165) is 12.1 Å². The van der Waals surface area contributed by atoms with Crippen molar-refractivity contribution in [2.45, 2.75) is 6.54 Å². The van der Waals surface area contributed by atoms with Gasteiger partial charge in [0.2, 0.25) is 0 Å². The molecule has 1 aromatic heterocycles. The second kappa shape index (κ2) is 9.81. The minimum Gasteiger partial charge on any atom is -0.394 e. The van der Waals surface area contributed by atoms with Crippen LogP contribution in [-0.4, -0.2) is 36.5 Å². The lowest BCUT2D eigenvalue weighted by molar-refractivity contribution is 0.0938. The first kappa shape index (κ1) is 15.6. The average molecular weight is 267 g/mol. The number of hydrogen-bond donors (Lipinski definition) is 2. The summed E-state index contributed by atoms with van der Waals surface area (Å²) in [6, 6.07) is 3.78. The van der Waals surface area contributed by atoms with Crippen molar-refractivity contribution < 1.29 is 9.84 Å². The van der Waals surface area contributed by atoms with Crippen LogP contribution in [0, 0.1) is 0 Å². The Morgan fingerprint density at radius 1 is 1.44 bits per heavy atom. The third-order valence-corrected chi connectivity index (χ3v) is 2.15. The molecule has 2 N–H and O–H groups in total. The van der Waals surface area contributed by atoms with Crippen LogP contribution in [0.3, 0.4) is 0 Å². The Morgan fingerprint density at radius 3 is 2.94 bits per heavy atom. The van der Waals surface area contributed by atoms with E-state index in [1.807, 2.05) is 12.1 Å². The highest BCUT2D eigenvalue weighted by Crippen LogP contribution is 2.10. The summed E-state index contributed by atoms with van der Waals surface area (Å²) in [4.78, 5) is 3.97. The second-order valence-corrected chi connectivity index (χ2v) is 3.32. The number of rotatable bonds is 7. The number of aromatic nitrogens is 1. The summed E-state index contributed by atoms with van der Waals surface area (Å²) in [7, 11) is 0. The zero-order chi connectivity index (χ0) is 10.9. The number of pyridine rings is 1. The van der Waals surface area contributed by atoms with Gasteiger partial charge in [-0.2, -0.15) is 0 Å². The Balaban J connectivity index is 0.00000225. The van der Waals surface area contributed by atoms with Gasteiger partial charge < -0.3 is 15.2 Å². The Hall–Kier alpha value is -0.390. The van der Waals surface area contributed by atoms with E-state index in [2.05, 4.69) is 10.3 Å². The van der Waals surface area contributed by atoms with Crippen LogP contribution in [-0.2, 0) is 11.3 Å². The molecule has 0 unspecified atom stereocenters. The number of aliphatic hydroxyl groups excluding tert-OH is 1. The van der Waals surface area contributed by atoms with E-state index in [9.17, 15) is 0 Å². The lowest BCUT2D eigenvalue weighted by Gasteiger charge is -2.06. The van der Waals surface area contributed by atoms with Crippen molar-refractivity contribution in [3.63, 3.8) is 0 Å². The molecular weight excluding hydrogens is 251 g/mol. The van der Waals surface area contributed by atoms with Gasteiger partial charge in [-0.1, -0.05) is 17.7 Å². The van der Waals surface area contributed by atoms with Gasteiger partial charge in [0, 0.05) is 24.8 Å². The summed E-state index contributed by atoms with van der Waals surface area (Å²) < 4.78 is 5.09. The zero-order valence-electron chi connectivity index (χ0n) is 8.86. The summed E-state index contributed by atoms with van der Waals surface area (Å²) in [5, 5.41) is 12.2. The molecule has 0 saturated carbocycles. The Labute approximate surface area is 106 Å². The molecule has 0 aromatic carbocycles. The summed E-state index contributed by atoms with van der Waals surface area (Å²) in [5.74, 6) is 0. The molecule has 1 rings (SSSR count). The number of hydrogen-bond acceptors (Lipinski definition) is 4. The molecular formula is C10H16Cl2N2O2. The molecule has 0 fully saturated rings. The van der Waals surface area contributed by atoms with Crippen molar-refractivity contribution in [1.82, 2.24) is 10.3 Å². The van der Waals surface area contributed by atoms with Crippen LogP contribution in [0.1, 0.15) is 5.56 Å². The van der Waals surface area contributed by atoms with E-state index in [1.54, 1.807) is 6.20 Å². The van der Waals surface area contributed by atoms with Crippen molar-refractivity contribution in [3.05, 3.63) is 29.0 Å². The molecule has 4 nitrogen and oxygen atoms in total. The summed E-state index contributed by atoms with van der Waals surface area (Å²) in [6.07, 6.45) is 1.66. The van der Waals surface area contributed by atoms with Crippen LogP contribution < -0.4 is 5.32 Å². The van der Waals surface area contributed by atoms with Crippen LogP contribution in [0.25, 0.3) is 0 Å². The van der Waals surface area contributed by atoms with E-state index < -0.39 is 0 Å². The van der Waals surface area contributed by atoms with E-state index in [0.29, 0.717) is 24.9 Å². The van der Waals surface area contributed by atoms with Crippen molar-refractivity contribution in [3.8, 4) is 0 Å². The highest BCUT2D eigenvalue weighted by molar-refractivity contribution is 6.30. The van der Waals surface area contributed by atoms with E-state index in [1.165, 1.54) is 0 Å². The molecule has 0 atom stereocenters. The second-order valence-electron chi connectivity index (χ2n) is 2.97. The van der Waals surface area contributed by atoms with Crippen LogP contribution in [0.15, 0.2) is 18.3 Å². The summed E-state index contributed by atoms with van der Waals surface area (Å²) >= 11 is 5.87. The monoisotopic (exact) mass is 266 g/mol. The van der Waals surface area contributed by atoms with E-state index in [-0.39, 0.29) is 19.0 Å². The van der Waals surface area contributed by atoms with Gasteiger partial charge in [0.05, 0.1) is 19.8 Å². The maximum absolute atomic E-state index is 8.47. The largest absolute Gasteiger partial charge is 0.394 e. The molecule has 0 aliphatic rings. The SMILES string of the molecule is Cl.OCCOCCNCc1cccnc1Cl. The molecule has 1 heterocycles. The number of aliphatic hydroxyl groups is 1. The molecule has 0 aliphatic heterocycles. The van der Waals surface area contributed by atoms with E-state index in [4.69, 9.17) is 21.4 Å². The smallest absolute Gasteiger partial charge is 0.133 e. The Morgan fingerprint density at radius 2 is 2.25 bits per heavy atom. The van der Waals surface area contributed by atoms with Gasteiger partial charge in [-0.3, -0.25) is 0 Å². The third-order valence-electron chi connectivity index (χ3n) is 1.81. The average Bonchev–Trinajstić information content (AvgIpc) is 2.25. The zero-order valence-corrected chi connectivity index (χ0v) is 10.4. The van der Waals surface area contributed by atoms with Crippen LogP contribution in [0.4, 0.5) is 0 Å². The van der Waals surface area contributed by atoms with Gasteiger partial charge in [0.25, 0.3) is 0 Å². The van der Waals surface area contributed by atoms with Gasteiger partial charge in [0.15, 0.2) is 0 Å². The molecule has 0 spiro atoms. The van der Waals surface area contributed by atoms with Crippen LogP contribution >= 0.6 is 24.0 Å². The molecule has 0 bridgehead atoms. The van der Waals surface area contributed by atoms with Gasteiger partial charge >= 0.3 is 0 Å². The quantitative estimate of drug-likeness (QED) is 0.576. The maximum Gasteiger partial charge on any atom is 0.133 e. The van der Waals surface area contributed by atoms with Crippen molar-refractivity contribution >= 4 is 24.0 Å². The molecule has 0 amide bonds. The number of halogens is 2. The molecule has 1 aromatic rings. The fraction of sp³-hybridized carbons (Fsp3) is 0.500. The predicted octanol–water partition coefficient (Wildman–Crippen LogP) is 1.26. The first-order valence-electron chi connectivity index (χ1n) is 4.83. The minimum absolute atomic E-state index is 0. The number of nitrogens with zero attached hydrogens (tertiary/aromatic N) is 1. The lowest BCUT2D eigenvalue weighted by Crippen LogP contribution is -2.20. The molecule has 6 heteroatoms. The Kier molecular flexibility index (Phi) is 9.57. The molecule has 0 saturated heterocycles. The van der Waals surface area contributed by atoms with E-state index >= 15 is 0 Å². The van der Waals surface area contributed by atoms with Crippen molar-refractivity contribution in [1.29, 1.82) is 0 Å². The highest BCUT2D eigenvalue weighted by atomic mass is 35.5.